The summed E-state index contributed by atoms with van der Waals surface area (Å²) in [6, 6.07) is 21.0. The van der Waals surface area contributed by atoms with Crippen LogP contribution in [0.4, 0.5) is 5.82 Å². The smallest absolute Gasteiger partial charge is 0.234 e. The number of hydrogen-bond acceptors (Lipinski definition) is 3. The monoisotopic (exact) mass is 306 g/mol. The van der Waals surface area contributed by atoms with Crippen molar-refractivity contribution >= 4 is 11.7 Å². The summed E-state index contributed by atoms with van der Waals surface area (Å²) >= 11 is 0. The number of carbonyl (C=O) groups is 1. The van der Waals surface area contributed by atoms with Crippen molar-refractivity contribution in [3.8, 4) is 5.69 Å². The molecule has 5 heteroatoms. The first-order valence-corrected chi connectivity index (χ1v) is 7.45. The minimum atomic E-state index is -0.391. The molecule has 1 aromatic heterocycles. The first-order valence-electron chi connectivity index (χ1n) is 7.45. The quantitative estimate of drug-likeness (QED) is 0.761. The van der Waals surface area contributed by atoms with Gasteiger partial charge < -0.3 is 11.1 Å². The van der Waals surface area contributed by atoms with Crippen LogP contribution in [-0.2, 0) is 4.79 Å². The Hall–Kier alpha value is -2.92. The van der Waals surface area contributed by atoms with Crippen molar-refractivity contribution in [3.05, 3.63) is 78.5 Å². The van der Waals surface area contributed by atoms with Crippen molar-refractivity contribution < 1.29 is 4.79 Å². The Bertz CT molecular complexity index is 768. The van der Waals surface area contributed by atoms with Crippen LogP contribution in [-0.4, -0.2) is 22.2 Å². The van der Waals surface area contributed by atoms with E-state index >= 15 is 0 Å². The van der Waals surface area contributed by atoms with Gasteiger partial charge in [0, 0.05) is 18.8 Å². The molecule has 0 fully saturated rings. The number of anilines is 1. The highest BCUT2D eigenvalue weighted by molar-refractivity contribution is 5.95. The van der Waals surface area contributed by atoms with Gasteiger partial charge in [0.05, 0.1) is 11.6 Å². The highest BCUT2D eigenvalue weighted by Crippen LogP contribution is 2.17. The number of carbonyl (C=O) groups excluding carboxylic acids is 1. The lowest BCUT2D eigenvalue weighted by Gasteiger charge is -2.14. The predicted octanol–water partition coefficient (Wildman–Crippen LogP) is 2.55. The molecule has 0 aliphatic rings. The van der Waals surface area contributed by atoms with Gasteiger partial charge in [-0.15, -0.1) is 0 Å². The number of rotatable bonds is 5. The molecule has 0 aliphatic carbocycles. The van der Waals surface area contributed by atoms with Gasteiger partial charge >= 0.3 is 0 Å². The zero-order valence-corrected chi connectivity index (χ0v) is 12.6. The van der Waals surface area contributed by atoms with Crippen molar-refractivity contribution in [1.29, 1.82) is 0 Å². The predicted molar refractivity (Wildman–Crippen MR) is 90.4 cm³/mol. The lowest BCUT2D eigenvalue weighted by atomic mass is 9.98. The second-order valence-electron chi connectivity index (χ2n) is 5.17. The summed E-state index contributed by atoms with van der Waals surface area (Å²) in [5, 5.41) is 7.21. The van der Waals surface area contributed by atoms with Gasteiger partial charge in [-0.2, -0.15) is 5.10 Å². The molecular weight excluding hydrogens is 288 g/mol. The van der Waals surface area contributed by atoms with Gasteiger partial charge in [0.2, 0.25) is 5.91 Å². The maximum atomic E-state index is 12.4. The zero-order valence-electron chi connectivity index (χ0n) is 12.6. The molecule has 1 heterocycles. The minimum Gasteiger partial charge on any atom is -0.329 e. The summed E-state index contributed by atoms with van der Waals surface area (Å²) in [4.78, 5) is 12.4. The third kappa shape index (κ3) is 3.46. The van der Waals surface area contributed by atoms with Crippen LogP contribution < -0.4 is 11.1 Å². The average Bonchev–Trinajstić information content (AvgIpc) is 3.06. The highest BCUT2D eigenvalue weighted by Gasteiger charge is 2.19. The van der Waals surface area contributed by atoms with E-state index in [0.29, 0.717) is 5.82 Å². The van der Waals surface area contributed by atoms with Crippen molar-refractivity contribution in [1.82, 2.24) is 9.78 Å². The molecule has 0 saturated carbocycles. The SMILES string of the molecule is NCC(C(=O)Nc1ccn(-c2ccccc2)n1)c1ccccc1. The van der Waals surface area contributed by atoms with Gasteiger partial charge in [-0.3, -0.25) is 4.79 Å². The Morgan fingerprint density at radius 2 is 1.70 bits per heavy atom. The number of amides is 1. The van der Waals surface area contributed by atoms with Gasteiger partial charge in [-0.25, -0.2) is 4.68 Å². The Balaban J connectivity index is 1.74. The number of nitrogens with two attached hydrogens (primary N) is 1. The third-order valence-electron chi connectivity index (χ3n) is 3.62. The van der Waals surface area contributed by atoms with E-state index in [-0.39, 0.29) is 12.5 Å². The minimum absolute atomic E-state index is 0.156. The molecule has 0 radical (unpaired) electrons. The molecule has 3 N–H and O–H groups in total. The van der Waals surface area contributed by atoms with Crippen LogP contribution >= 0.6 is 0 Å². The molecule has 1 atom stereocenters. The molecule has 23 heavy (non-hydrogen) atoms. The maximum Gasteiger partial charge on any atom is 0.234 e. The van der Waals surface area contributed by atoms with Crippen LogP contribution in [0.25, 0.3) is 5.69 Å². The van der Waals surface area contributed by atoms with Crippen LogP contribution in [0.2, 0.25) is 0 Å². The normalized spacial score (nSPS) is 11.9. The number of para-hydroxylation sites is 1. The van der Waals surface area contributed by atoms with Crippen molar-refractivity contribution in [2.75, 3.05) is 11.9 Å². The fraction of sp³-hybridized carbons (Fsp3) is 0.111. The van der Waals surface area contributed by atoms with Crippen molar-refractivity contribution in [2.45, 2.75) is 5.92 Å². The Morgan fingerprint density at radius 1 is 1.04 bits per heavy atom. The summed E-state index contributed by atoms with van der Waals surface area (Å²) in [6.45, 7) is 0.245. The molecule has 0 saturated heterocycles. The van der Waals surface area contributed by atoms with E-state index in [0.717, 1.165) is 11.3 Å². The van der Waals surface area contributed by atoms with Crippen LogP contribution in [0.15, 0.2) is 72.9 Å². The van der Waals surface area contributed by atoms with Crippen molar-refractivity contribution in [2.24, 2.45) is 5.73 Å². The van der Waals surface area contributed by atoms with Gasteiger partial charge in [0.15, 0.2) is 5.82 Å². The Labute approximate surface area is 134 Å². The lowest BCUT2D eigenvalue weighted by molar-refractivity contribution is -0.117. The summed E-state index contributed by atoms with van der Waals surface area (Å²) in [5.74, 6) is -0.0386. The highest BCUT2D eigenvalue weighted by atomic mass is 16.2. The van der Waals surface area contributed by atoms with Crippen LogP contribution in [0.5, 0.6) is 0 Å². The number of nitrogens with one attached hydrogen (secondary N) is 1. The van der Waals surface area contributed by atoms with E-state index in [1.165, 1.54) is 0 Å². The van der Waals surface area contributed by atoms with E-state index in [9.17, 15) is 4.79 Å². The van der Waals surface area contributed by atoms with Gasteiger partial charge in [-0.05, 0) is 17.7 Å². The first-order chi connectivity index (χ1) is 11.3. The molecule has 0 bridgehead atoms. The number of aromatic nitrogens is 2. The number of benzene rings is 2. The molecule has 3 rings (SSSR count). The third-order valence-corrected chi connectivity index (χ3v) is 3.62. The molecule has 3 aromatic rings. The zero-order chi connectivity index (χ0) is 16.1. The molecule has 0 spiro atoms. The standard InChI is InChI=1S/C18H18N4O/c19-13-16(14-7-3-1-4-8-14)18(23)20-17-11-12-22(21-17)15-9-5-2-6-10-15/h1-12,16H,13,19H2,(H,20,21,23). The van der Waals surface area contributed by atoms with Gasteiger partial charge in [0.25, 0.3) is 0 Å². The lowest BCUT2D eigenvalue weighted by Crippen LogP contribution is -2.27. The summed E-state index contributed by atoms with van der Waals surface area (Å²) in [7, 11) is 0. The van der Waals surface area contributed by atoms with E-state index in [1.807, 2.05) is 66.9 Å². The molecular formula is C18H18N4O. The number of hydrogen-bond donors (Lipinski definition) is 2. The summed E-state index contributed by atoms with van der Waals surface area (Å²) in [6.07, 6.45) is 1.81. The average molecular weight is 306 g/mol. The van der Waals surface area contributed by atoms with Gasteiger partial charge in [0.1, 0.15) is 0 Å². The Kier molecular flexibility index (Phi) is 4.49. The Morgan fingerprint density at radius 3 is 2.35 bits per heavy atom. The fourth-order valence-electron chi connectivity index (χ4n) is 2.41. The molecule has 1 unspecified atom stereocenters. The van der Waals surface area contributed by atoms with Crippen LogP contribution in [0, 0.1) is 0 Å². The molecule has 5 nitrogen and oxygen atoms in total. The summed E-state index contributed by atoms with van der Waals surface area (Å²) in [5.41, 5.74) is 7.60. The molecule has 116 valence electrons. The van der Waals surface area contributed by atoms with E-state index in [4.69, 9.17) is 5.73 Å². The molecule has 0 aliphatic heterocycles. The number of nitrogens with zero attached hydrogens (tertiary/aromatic N) is 2. The van der Waals surface area contributed by atoms with E-state index < -0.39 is 5.92 Å². The largest absolute Gasteiger partial charge is 0.329 e. The first kappa shape index (κ1) is 15.0. The molecule has 1 amide bonds. The summed E-state index contributed by atoms with van der Waals surface area (Å²) < 4.78 is 1.72. The maximum absolute atomic E-state index is 12.4. The van der Waals surface area contributed by atoms with E-state index in [2.05, 4.69) is 10.4 Å². The van der Waals surface area contributed by atoms with Crippen molar-refractivity contribution in [3.63, 3.8) is 0 Å². The second kappa shape index (κ2) is 6.89. The topological polar surface area (TPSA) is 72.9 Å². The van der Waals surface area contributed by atoms with Gasteiger partial charge in [-0.1, -0.05) is 48.5 Å². The van der Waals surface area contributed by atoms with E-state index in [1.54, 1.807) is 10.7 Å². The second-order valence-corrected chi connectivity index (χ2v) is 5.17. The fourth-order valence-corrected chi connectivity index (χ4v) is 2.41. The van der Waals surface area contributed by atoms with Crippen LogP contribution in [0.3, 0.4) is 0 Å². The van der Waals surface area contributed by atoms with Crippen LogP contribution in [0.1, 0.15) is 11.5 Å². The molecule has 2 aromatic carbocycles.